The van der Waals surface area contributed by atoms with Crippen molar-refractivity contribution in [3.8, 4) is 0 Å². The van der Waals surface area contributed by atoms with E-state index >= 15 is 0 Å². The van der Waals surface area contributed by atoms with E-state index in [1.54, 1.807) is 0 Å². The average molecular weight is 111 g/mol. The molecular weight excluding hydrogens is 96.1 g/mol. The van der Waals surface area contributed by atoms with E-state index in [-0.39, 0.29) is 0 Å². The molecule has 0 heteroatoms. The fourth-order valence-corrected chi connectivity index (χ4v) is 0.547. The van der Waals surface area contributed by atoms with Crippen LogP contribution >= 0.6 is 0 Å². The van der Waals surface area contributed by atoms with E-state index < -0.39 is 0 Å². The van der Waals surface area contributed by atoms with Gasteiger partial charge in [0.2, 0.25) is 0 Å². The molecule has 0 unspecified atom stereocenters. The van der Waals surface area contributed by atoms with Gasteiger partial charge in [0.25, 0.3) is 0 Å². The van der Waals surface area contributed by atoms with Gasteiger partial charge in [0, 0.05) is 0 Å². The minimum atomic E-state index is 1.17. The monoisotopic (exact) mass is 111 g/mol. The van der Waals surface area contributed by atoms with Crippen LogP contribution in [0.25, 0.3) is 0 Å². The Labute approximate surface area is 52.6 Å². The SMILES string of the molecule is C[CH]CC/C=C/CC. The quantitative estimate of drug-likeness (QED) is 0.386. The third-order valence-corrected chi connectivity index (χ3v) is 1.02. The first-order chi connectivity index (χ1) is 3.91. The maximum Gasteiger partial charge on any atom is -0.0348 e. The third-order valence-electron chi connectivity index (χ3n) is 1.02. The van der Waals surface area contributed by atoms with E-state index in [1.165, 1.54) is 19.3 Å². The first-order valence-corrected chi connectivity index (χ1v) is 3.34. The lowest BCUT2D eigenvalue weighted by Crippen LogP contribution is -1.66. The smallest absolute Gasteiger partial charge is 0.0348 e. The van der Waals surface area contributed by atoms with Crippen molar-refractivity contribution in [1.29, 1.82) is 0 Å². The number of allylic oxidation sites excluding steroid dienone is 2. The summed E-state index contributed by atoms with van der Waals surface area (Å²) < 4.78 is 0. The standard InChI is InChI=1S/C8H15/c1-3-5-7-8-6-4-2/h3,6,8H,4-5,7H2,1-2H3/b8-6+. The van der Waals surface area contributed by atoms with E-state index in [9.17, 15) is 0 Å². The van der Waals surface area contributed by atoms with Crippen LogP contribution in [-0.4, -0.2) is 0 Å². The lowest BCUT2D eigenvalue weighted by Gasteiger charge is -1.85. The summed E-state index contributed by atoms with van der Waals surface area (Å²) in [4.78, 5) is 0. The molecule has 0 atom stereocenters. The van der Waals surface area contributed by atoms with E-state index in [4.69, 9.17) is 0 Å². The highest BCUT2D eigenvalue weighted by Crippen LogP contribution is 1.93. The number of hydrogen-bond acceptors (Lipinski definition) is 0. The molecule has 47 valence electrons. The van der Waals surface area contributed by atoms with Gasteiger partial charge in [0.1, 0.15) is 0 Å². The van der Waals surface area contributed by atoms with E-state index in [2.05, 4.69) is 32.4 Å². The highest BCUT2D eigenvalue weighted by atomic mass is 13.8. The zero-order valence-electron chi connectivity index (χ0n) is 5.85. The molecule has 0 aliphatic heterocycles. The summed E-state index contributed by atoms with van der Waals surface area (Å²) in [5.41, 5.74) is 0. The Kier molecular flexibility index (Phi) is 6.52. The van der Waals surface area contributed by atoms with Gasteiger partial charge in [-0.25, -0.2) is 0 Å². The maximum atomic E-state index is 2.24. The van der Waals surface area contributed by atoms with E-state index in [0.717, 1.165) is 0 Å². The summed E-state index contributed by atoms with van der Waals surface area (Å²) in [7, 11) is 0. The summed E-state index contributed by atoms with van der Waals surface area (Å²) in [6.45, 7) is 4.26. The minimum Gasteiger partial charge on any atom is -0.0888 e. The molecule has 8 heavy (non-hydrogen) atoms. The largest absolute Gasteiger partial charge is 0.0888 e. The fourth-order valence-electron chi connectivity index (χ4n) is 0.547. The molecule has 0 saturated heterocycles. The normalized spacial score (nSPS) is 10.8. The second-order valence-corrected chi connectivity index (χ2v) is 1.87. The van der Waals surface area contributed by atoms with Crippen LogP contribution in [0.15, 0.2) is 12.2 Å². The first-order valence-electron chi connectivity index (χ1n) is 3.34. The zero-order valence-corrected chi connectivity index (χ0v) is 5.85. The Bertz CT molecular complexity index is 53.1. The summed E-state index contributed by atoms with van der Waals surface area (Å²) in [5, 5.41) is 0. The molecule has 0 saturated carbocycles. The van der Waals surface area contributed by atoms with Crippen LogP contribution in [-0.2, 0) is 0 Å². The molecule has 0 amide bonds. The molecule has 1 radical (unpaired) electrons. The molecule has 0 spiro atoms. The van der Waals surface area contributed by atoms with Crippen molar-refractivity contribution in [2.45, 2.75) is 33.1 Å². The van der Waals surface area contributed by atoms with Crippen LogP contribution < -0.4 is 0 Å². The summed E-state index contributed by atoms with van der Waals surface area (Å²) in [6, 6.07) is 0. The van der Waals surface area contributed by atoms with Crippen molar-refractivity contribution in [3.05, 3.63) is 18.6 Å². The molecule has 0 aromatic rings. The van der Waals surface area contributed by atoms with Crippen molar-refractivity contribution in [2.24, 2.45) is 0 Å². The van der Waals surface area contributed by atoms with Crippen LogP contribution in [0.2, 0.25) is 0 Å². The molecule has 0 rings (SSSR count). The van der Waals surface area contributed by atoms with Gasteiger partial charge < -0.3 is 0 Å². The molecule has 0 N–H and O–H groups in total. The fraction of sp³-hybridized carbons (Fsp3) is 0.625. The highest BCUT2D eigenvalue weighted by Gasteiger charge is 1.74. The van der Waals surface area contributed by atoms with Crippen LogP contribution in [0.1, 0.15) is 33.1 Å². The van der Waals surface area contributed by atoms with Gasteiger partial charge in [-0.05, 0) is 25.7 Å². The van der Waals surface area contributed by atoms with E-state index in [1.807, 2.05) is 0 Å². The predicted octanol–water partition coefficient (Wildman–Crippen LogP) is 2.96. The minimum absolute atomic E-state index is 1.17. The number of unbranched alkanes of at least 4 members (excludes halogenated alkanes) is 2. The number of rotatable bonds is 4. The van der Waals surface area contributed by atoms with Crippen LogP contribution in [0.3, 0.4) is 0 Å². The van der Waals surface area contributed by atoms with Gasteiger partial charge in [-0.2, -0.15) is 0 Å². The molecule has 0 aromatic heterocycles. The molecule has 0 aliphatic carbocycles. The molecule has 0 fully saturated rings. The Balaban J connectivity index is 2.80. The van der Waals surface area contributed by atoms with Gasteiger partial charge in [-0.3, -0.25) is 0 Å². The van der Waals surface area contributed by atoms with Crippen molar-refractivity contribution in [1.82, 2.24) is 0 Å². The molecule has 0 aromatic carbocycles. The summed E-state index contributed by atoms with van der Waals surface area (Å²) in [6.07, 6.45) is 10.2. The van der Waals surface area contributed by atoms with E-state index in [0.29, 0.717) is 0 Å². The summed E-state index contributed by atoms with van der Waals surface area (Å²) in [5.74, 6) is 0. The number of hydrogen-bond donors (Lipinski definition) is 0. The third kappa shape index (κ3) is 5.74. The first kappa shape index (κ1) is 7.74. The van der Waals surface area contributed by atoms with Gasteiger partial charge >= 0.3 is 0 Å². The van der Waals surface area contributed by atoms with Crippen LogP contribution in [0, 0.1) is 6.42 Å². The van der Waals surface area contributed by atoms with Gasteiger partial charge in [-0.15, -0.1) is 0 Å². The van der Waals surface area contributed by atoms with Crippen molar-refractivity contribution in [2.75, 3.05) is 0 Å². The topological polar surface area (TPSA) is 0 Å². The van der Waals surface area contributed by atoms with Gasteiger partial charge in [0.15, 0.2) is 0 Å². The predicted molar refractivity (Wildman–Crippen MR) is 38.6 cm³/mol. The zero-order chi connectivity index (χ0) is 6.24. The Morgan fingerprint density at radius 3 is 2.38 bits per heavy atom. The molecule has 0 aliphatic rings. The average Bonchev–Trinajstić information content (AvgIpc) is 1.81. The Hall–Kier alpha value is -0.260. The molecular formula is C8H15. The van der Waals surface area contributed by atoms with Crippen LogP contribution in [0.4, 0.5) is 0 Å². The van der Waals surface area contributed by atoms with Crippen molar-refractivity contribution < 1.29 is 0 Å². The lowest BCUT2D eigenvalue weighted by atomic mass is 10.2. The Morgan fingerprint density at radius 2 is 1.88 bits per heavy atom. The highest BCUT2D eigenvalue weighted by molar-refractivity contribution is 4.81. The molecule has 0 bridgehead atoms. The Morgan fingerprint density at radius 1 is 1.12 bits per heavy atom. The van der Waals surface area contributed by atoms with Crippen molar-refractivity contribution >= 4 is 0 Å². The van der Waals surface area contributed by atoms with Gasteiger partial charge in [-0.1, -0.05) is 26.0 Å². The summed E-state index contributed by atoms with van der Waals surface area (Å²) >= 11 is 0. The van der Waals surface area contributed by atoms with Crippen LogP contribution in [0.5, 0.6) is 0 Å². The van der Waals surface area contributed by atoms with Crippen molar-refractivity contribution in [3.63, 3.8) is 0 Å². The molecule has 0 heterocycles. The molecule has 0 nitrogen and oxygen atoms in total. The second-order valence-electron chi connectivity index (χ2n) is 1.87. The maximum absolute atomic E-state index is 2.24. The lowest BCUT2D eigenvalue weighted by molar-refractivity contribution is 0.966. The van der Waals surface area contributed by atoms with Gasteiger partial charge in [0.05, 0.1) is 0 Å². The second kappa shape index (κ2) is 6.74.